The van der Waals surface area contributed by atoms with Gasteiger partial charge in [0.15, 0.2) is 0 Å². The molecular weight excluding hydrogens is 302 g/mol. The number of aryl methyl sites for hydroxylation is 1. The highest BCUT2D eigenvalue weighted by Crippen LogP contribution is 2.37. The summed E-state index contributed by atoms with van der Waals surface area (Å²) in [6, 6.07) is 6.26. The molecule has 0 bridgehead atoms. The van der Waals surface area contributed by atoms with Gasteiger partial charge in [-0.3, -0.25) is 8.98 Å². The molecule has 0 radical (unpaired) electrons. The van der Waals surface area contributed by atoms with Crippen LogP contribution in [0.25, 0.3) is 0 Å². The largest absolute Gasteiger partial charge is 0.350 e. The Kier molecular flexibility index (Phi) is 4.92. The molecule has 1 heterocycles. The number of benzene rings is 1. The SMILES string of the molecule is CCC1(CC)C[C@H](COS(=O)(=O)c2ccc(C)cc2)NC1=O. The molecule has 1 fully saturated rings. The summed E-state index contributed by atoms with van der Waals surface area (Å²) in [5.41, 5.74) is 0.597. The first-order valence-corrected chi connectivity index (χ1v) is 9.01. The van der Waals surface area contributed by atoms with Gasteiger partial charge in [0.1, 0.15) is 0 Å². The third kappa shape index (κ3) is 3.33. The van der Waals surface area contributed by atoms with E-state index in [0.29, 0.717) is 6.42 Å². The van der Waals surface area contributed by atoms with E-state index in [0.717, 1.165) is 18.4 Å². The van der Waals surface area contributed by atoms with E-state index in [-0.39, 0.29) is 28.9 Å². The lowest BCUT2D eigenvalue weighted by Gasteiger charge is -2.22. The highest BCUT2D eigenvalue weighted by molar-refractivity contribution is 7.86. The van der Waals surface area contributed by atoms with E-state index < -0.39 is 10.1 Å². The van der Waals surface area contributed by atoms with Gasteiger partial charge in [0.2, 0.25) is 5.91 Å². The van der Waals surface area contributed by atoms with Gasteiger partial charge in [0, 0.05) is 0 Å². The first-order valence-electron chi connectivity index (χ1n) is 7.60. The Labute approximate surface area is 132 Å². The van der Waals surface area contributed by atoms with Gasteiger partial charge < -0.3 is 5.32 Å². The molecule has 0 aliphatic carbocycles. The highest BCUT2D eigenvalue weighted by atomic mass is 32.2. The van der Waals surface area contributed by atoms with Crippen LogP contribution in [0.1, 0.15) is 38.7 Å². The Morgan fingerprint density at radius 3 is 2.32 bits per heavy atom. The minimum absolute atomic E-state index is 0.00108. The quantitative estimate of drug-likeness (QED) is 0.815. The molecule has 1 saturated heterocycles. The number of rotatable bonds is 6. The zero-order valence-electron chi connectivity index (χ0n) is 13.3. The van der Waals surface area contributed by atoms with Crippen molar-refractivity contribution in [2.24, 2.45) is 5.41 Å². The molecule has 0 saturated carbocycles. The smallest absolute Gasteiger partial charge is 0.297 e. The molecule has 1 amide bonds. The van der Waals surface area contributed by atoms with E-state index in [1.54, 1.807) is 12.1 Å². The van der Waals surface area contributed by atoms with E-state index in [4.69, 9.17) is 4.18 Å². The first kappa shape index (κ1) is 17.0. The van der Waals surface area contributed by atoms with Crippen LogP contribution in [0, 0.1) is 12.3 Å². The number of hydrogen-bond acceptors (Lipinski definition) is 4. The summed E-state index contributed by atoms with van der Waals surface area (Å²) in [4.78, 5) is 12.2. The van der Waals surface area contributed by atoms with E-state index in [2.05, 4.69) is 5.32 Å². The molecule has 22 heavy (non-hydrogen) atoms. The molecule has 122 valence electrons. The molecule has 1 aliphatic heterocycles. The van der Waals surface area contributed by atoms with Crippen LogP contribution in [-0.2, 0) is 19.1 Å². The molecule has 1 aromatic carbocycles. The van der Waals surface area contributed by atoms with Gasteiger partial charge in [-0.25, -0.2) is 0 Å². The van der Waals surface area contributed by atoms with Crippen LogP contribution in [0.4, 0.5) is 0 Å². The summed E-state index contributed by atoms with van der Waals surface area (Å²) in [7, 11) is -3.78. The second-order valence-electron chi connectivity index (χ2n) is 5.91. The van der Waals surface area contributed by atoms with Gasteiger partial charge >= 0.3 is 0 Å². The minimum Gasteiger partial charge on any atom is -0.350 e. The lowest BCUT2D eigenvalue weighted by atomic mass is 9.80. The number of hydrogen-bond donors (Lipinski definition) is 1. The van der Waals surface area contributed by atoms with Crippen molar-refractivity contribution in [1.82, 2.24) is 5.32 Å². The van der Waals surface area contributed by atoms with Crippen molar-refractivity contribution >= 4 is 16.0 Å². The average Bonchev–Trinajstić information content (AvgIpc) is 2.82. The van der Waals surface area contributed by atoms with Gasteiger partial charge in [-0.2, -0.15) is 8.42 Å². The Bertz CT molecular complexity index is 633. The predicted molar refractivity (Wildman–Crippen MR) is 83.9 cm³/mol. The van der Waals surface area contributed by atoms with Gasteiger partial charge in [-0.1, -0.05) is 31.5 Å². The summed E-state index contributed by atoms with van der Waals surface area (Å²) >= 11 is 0. The van der Waals surface area contributed by atoms with Crippen LogP contribution in [0.5, 0.6) is 0 Å². The molecule has 5 nitrogen and oxygen atoms in total. The van der Waals surface area contributed by atoms with Crippen molar-refractivity contribution in [2.75, 3.05) is 6.61 Å². The Morgan fingerprint density at radius 2 is 1.82 bits per heavy atom. The third-order valence-electron chi connectivity index (χ3n) is 4.54. The van der Waals surface area contributed by atoms with E-state index >= 15 is 0 Å². The summed E-state index contributed by atoms with van der Waals surface area (Å²) in [6.07, 6.45) is 2.11. The standard InChI is InChI=1S/C16H23NO4S/c1-4-16(5-2)10-13(17-15(16)18)11-21-22(19,20)14-8-6-12(3)7-9-14/h6-9,13H,4-5,10-11H2,1-3H3,(H,17,18)/t13-/m1/s1. The maximum absolute atomic E-state index is 12.1. The predicted octanol–water partition coefficient (Wildman–Crippen LogP) is 2.40. The summed E-state index contributed by atoms with van der Waals surface area (Å²) in [5.74, 6) is -0.00108. The number of nitrogens with one attached hydrogen (secondary N) is 1. The van der Waals surface area contributed by atoms with Crippen molar-refractivity contribution < 1.29 is 17.4 Å². The van der Waals surface area contributed by atoms with E-state index in [1.807, 2.05) is 20.8 Å². The second kappa shape index (κ2) is 6.38. The molecule has 1 N–H and O–H groups in total. The maximum Gasteiger partial charge on any atom is 0.297 e. The topological polar surface area (TPSA) is 72.5 Å². The van der Waals surface area contributed by atoms with E-state index in [1.165, 1.54) is 12.1 Å². The van der Waals surface area contributed by atoms with Crippen molar-refractivity contribution in [1.29, 1.82) is 0 Å². The molecule has 1 aromatic rings. The zero-order chi connectivity index (χ0) is 16.4. The Morgan fingerprint density at radius 1 is 1.23 bits per heavy atom. The van der Waals surface area contributed by atoms with Crippen LogP contribution in [0.3, 0.4) is 0 Å². The van der Waals surface area contributed by atoms with Crippen molar-refractivity contribution in [3.63, 3.8) is 0 Å². The normalized spacial score (nSPS) is 20.9. The van der Waals surface area contributed by atoms with Crippen molar-refractivity contribution in [2.45, 2.75) is 51.0 Å². The molecular formula is C16H23NO4S. The van der Waals surface area contributed by atoms with Crippen LogP contribution < -0.4 is 5.32 Å². The van der Waals surface area contributed by atoms with Crippen LogP contribution in [0.2, 0.25) is 0 Å². The average molecular weight is 325 g/mol. The summed E-state index contributed by atoms with van der Waals surface area (Å²) < 4.78 is 29.4. The zero-order valence-corrected chi connectivity index (χ0v) is 14.1. The fourth-order valence-corrected chi connectivity index (χ4v) is 3.81. The first-order chi connectivity index (χ1) is 10.3. The number of carbonyl (C=O) groups excluding carboxylic acids is 1. The summed E-state index contributed by atoms with van der Waals surface area (Å²) in [6.45, 7) is 5.83. The molecule has 0 unspecified atom stereocenters. The van der Waals surface area contributed by atoms with Gasteiger partial charge in [-0.05, 0) is 38.3 Å². The fourth-order valence-electron chi connectivity index (χ4n) is 2.86. The molecule has 0 spiro atoms. The molecule has 1 atom stereocenters. The molecule has 2 rings (SSSR count). The van der Waals surface area contributed by atoms with Crippen LogP contribution >= 0.6 is 0 Å². The molecule has 6 heteroatoms. The van der Waals surface area contributed by atoms with Crippen molar-refractivity contribution in [3.05, 3.63) is 29.8 Å². The monoisotopic (exact) mass is 325 g/mol. The minimum atomic E-state index is -3.78. The fraction of sp³-hybridized carbons (Fsp3) is 0.562. The van der Waals surface area contributed by atoms with Gasteiger partial charge in [0.25, 0.3) is 10.1 Å². The Balaban J connectivity index is 2.02. The molecule has 1 aliphatic rings. The third-order valence-corrected chi connectivity index (χ3v) is 5.84. The lowest BCUT2D eigenvalue weighted by molar-refractivity contribution is -0.128. The Hall–Kier alpha value is -1.40. The van der Waals surface area contributed by atoms with Gasteiger partial charge in [-0.15, -0.1) is 0 Å². The second-order valence-corrected chi connectivity index (χ2v) is 7.53. The van der Waals surface area contributed by atoms with E-state index in [9.17, 15) is 13.2 Å². The summed E-state index contributed by atoms with van der Waals surface area (Å²) in [5, 5.41) is 2.85. The lowest BCUT2D eigenvalue weighted by Crippen LogP contribution is -2.33. The van der Waals surface area contributed by atoms with Crippen LogP contribution in [0.15, 0.2) is 29.2 Å². The maximum atomic E-state index is 12.1. The van der Waals surface area contributed by atoms with Gasteiger partial charge in [0.05, 0.1) is 23.0 Å². The number of carbonyl (C=O) groups is 1. The highest BCUT2D eigenvalue weighted by Gasteiger charge is 2.44. The number of amides is 1. The van der Waals surface area contributed by atoms with Crippen LogP contribution in [-0.4, -0.2) is 27.0 Å². The van der Waals surface area contributed by atoms with Crippen molar-refractivity contribution in [3.8, 4) is 0 Å². The molecule has 0 aromatic heterocycles.